The first-order chi connectivity index (χ1) is 10.4. The Hall–Kier alpha value is -1.95. The molecule has 2 amide bonds. The molecule has 22 heavy (non-hydrogen) atoms. The predicted octanol–water partition coefficient (Wildman–Crippen LogP) is 3.64. The van der Waals surface area contributed by atoms with Crippen LogP contribution in [0.3, 0.4) is 0 Å². The van der Waals surface area contributed by atoms with E-state index in [-0.39, 0.29) is 5.88 Å². The van der Waals surface area contributed by atoms with Gasteiger partial charge in [-0.3, -0.25) is 4.90 Å². The van der Waals surface area contributed by atoms with Crippen molar-refractivity contribution < 1.29 is 19.4 Å². The number of amides is 2. The highest BCUT2D eigenvalue weighted by Crippen LogP contribution is 2.24. The van der Waals surface area contributed by atoms with Gasteiger partial charge in [0.15, 0.2) is 0 Å². The number of nitrogens with zero attached hydrogens (tertiary/aromatic N) is 2. The molecule has 1 unspecified atom stereocenters. The zero-order chi connectivity index (χ0) is 16.7. The summed E-state index contributed by atoms with van der Waals surface area (Å²) < 4.78 is 5.28. The molecule has 0 bridgehead atoms. The van der Waals surface area contributed by atoms with Gasteiger partial charge in [-0.05, 0) is 32.9 Å². The van der Waals surface area contributed by atoms with Crippen LogP contribution in [-0.4, -0.2) is 47.2 Å². The van der Waals surface area contributed by atoms with Crippen LogP contribution in [0.25, 0.3) is 0 Å². The number of anilines is 1. The number of hydrogen-bond acceptors (Lipinski definition) is 3. The Kier molecular flexibility index (Phi) is 6.98. The lowest BCUT2D eigenvalue weighted by Gasteiger charge is -2.25. The van der Waals surface area contributed by atoms with Crippen LogP contribution in [0.2, 0.25) is 0 Å². The second kappa shape index (κ2) is 8.48. The summed E-state index contributed by atoms with van der Waals surface area (Å²) >= 11 is 5.75. The molecule has 0 spiro atoms. The molecule has 0 saturated heterocycles. The minimum atomic E-state index is -1.11. The summed E-state index contributed by atoms with van der Waals surface area (Å²) in [6, 6.07) is 5.99. The van der Waals surface area contributed by atoms with E-state index in [1.54, 1.807) is 25.1 Å². The van der Waals surface area contributed by atoms with Crippen molar-refractivity contribution >= 4 is 29.5 Å². The quantitative estimate of drug-likeness (QED) is 0.809. The van der Waals surface area contributed by atoms with Gasteiger partial charge in [0.2, 0.25) is 0 Å². The molecule has 0 aromatic heterocycles. The number of carboxylic acid groups (broad SMARTS) is 1. The van der Waals surface area contributed by atoms with E-state index in [1.807, 2.05) is 13.8 Å². The molecule has 0 aliphatic rings. The molecule has 1 rings (SSSR count). The fraction of sp³-hybridized carbons (Fsp3) is 0.467. The van der Waals surface area contributed by atoms with Gasteiger partial charge >= 0.3 is 12.2 Å². The number of halogens is 1. The zero-order valence-corrected chi connectivity index (χ0v) is 13.7. The zero-order valence-electron chi connectivity index (χ0n) is 13.0. The number of hydrogen-bond donors (Lipinski definition) is 1. The Labute approximate surface area is 135 Å². The van der Waals surface area contributed by atoms with Gasteiger partial charge in [0, 0.05) is 25.0 Å². The molecule has 7 heteroatoms. The van der Waals surface area contributed by atoms with Crippen LogP contribution in [0.1, 0.15) is 20.8 Å². The standard InChI is InChI=1S/C15H21ClN2O4/c1-4-17(5-2)15(21)22-13-8-6-7-12(9-13)18(14(19)20)11(3)10-16/h6-9,11H,4-5,10H2,1-3H3,(H,19,20). The molecule has 6 nitrogen and oxygen atoms in total. The Morgan fingerprint density at radius 1 is 1.32 bits per heavy atom. The van der Waals surface area contributed by atoms with Crippen molar-refractivity contribution in [2.45, 2.75) is 26.8 Å². The Bertz CT molecular complexity index is 520. The Morgan fingerprint density at radius 3 is 2.45 bits per heavy atom. The molecule has 1 aromatic carbocycles. The smallest absolute Gasteiger partial charge is 0.415 e. The molecule has 0 aliphatic carbocycles. The maximum atomic E-state index is 11.9. The van der Waals surface area contributed by atoms with Gasteiger partial charge in [0.1, 0.15) is 5.75 Å². The van der Waals surface area contributed by atoms with E-state index in [9.17, 15) is 14.7 Å². The fourth-order valence-electron chi connectivity index (χ4n) is 1.97. The summed E-state index contributed by atoms with van der Waals surface area (Å²) in [4.78, 5) is 26.0. The molecule has 1 N–H and O–H groups in total. The van der Waals surface area contributed by atoms with Gasteiger partial charge in [-0.15, -0.1) is 11.6 Å². The SMILES string of the molecule is CCN(CC)C(=O)Oc1cccc(N(C(=O)O)C(C)CCl)c1. The van der Waals surface area contributed by atoms with Gasteiger partial charge in [0.05, 0.1) is 11.7 Å². The normalized spacial score (nSPS) is 11.6. The lowest BCUT2D eigenvalue weighted by Crippen LogP contribution is -2.38. The molecule has 0 saturated carbocycles. The van der Waals surface area contributed by atoms with Crippen LogP contribution in [0.4, 0.5) is 15.3 Å². The maximum absolute atomic E-state index is 11.9. The monoisotopic (exact) mass is 328 g/mol. The number of carbonyl (C=O) groups excluding carboxylic acids is 1. The van der Waals surface area contributed by atoms with Crippen molar-refractivity contribution in [1.82, 2.24) is 4.90 Å². The minimum Gasteiger partial charge on any atom is -0.465 e. The van der Waals surface area contributed by atoms with Gasteiger partial charge < -0.3 is 14.7 Å². The van der Waals surface area contributed by atoms with E-state index in [2.05, 4.69) is 0 Å². The molecular weight excluding hydrogens is 308 g/mol. The van der Waals surface area contributed by atoms with Crippen molar-refractivity contribution in [2.24, 2.45) is 0 Å². The first kappa shape index (κ1) is 18.1. The van der Waals surface area contributed by atoms with Gasteiger partial charge in [-0.2, -0.15) is 0 Å². The highest BCUT2D eigenvalue weighted by molar-refractivity contribution is 6.18. The highest BCUT2D eigenvalue weighted by Gasteiger charge is 2.21. The van der Waals surface area contributed by atoms with Crippen molar-refractivity contribution in [3.05, 3.63) is 24.3 Å². The predicted molar refractivity (Wildman–Crippen MR) is 86.1 cm³/mol. The first-order valence-corrected chi connectivity index (χ1v) is 7.62. The molecular formula is C15H21ClN2O4. The second-order valence-electron chi connectivity index (χ2n) is 4.69. The van der Waals surface area contributed by atoms with E-state index in [0.29, 0.717) is 24.5 Å². The Balaban J connectivity index is 2.98. The summed E-state index contributed by atoms with van der Waals surface area (Å²) in [5.74, 6) is 0.456. The highest BCUT2D eigenvalue weighted by atomic mass is 35.5. The van der Waals surface area contributed by atoms with E-state index < -0.39 is 18.2 Å². The van der Waals surface area contributed by atoms with Crippen LogP contribution in [0.15, 0.2) is 24.3 Å². The van der Waals surface area contributed by atoms with Crippen LogP contribution < -0.4 is 9.64 Å². The third-order valence-corrected chi connectivity index (χ3v) is 3.64. The molecule has 1 aromatic rings. The van der Waals surface area contributed by atoms with Crippen LogP contribution in [0.5, 0.6) is 5.75 Å². The summed E-state index contributed by atoms with van der Waals surface area (Å²) in [5.41, 5.74) is 0.408. The van der Waals surface area contributed by atoms with Crippen molar-refractivity contribution in [3.8, 4) is 5.75 Å². The molecule has 122 valence electrons. The lowest BCUT2D eigenvalue weighted by molar-refractivity contribution is 0.157. The van der Waals surface area contributed by atoms with Crippen molar-refractivity contribution in [3.63, 3.8) is 0 Å². The van der Waals surface area contributed by atoms with E-state index in [0.717, 1.165) is 4.90 Å². The van der Waals surface area contributed by atoms with Gasteiger partial charge in [0.25, 0.3) is 0 Å². The lowest BCUT2D eigenvalue weighted by atomic mass is 10.2. The number of ether oxygens (including phenoxy) is 1. The van der Waals surface area contributed by atoms with Crippen LogP contribution in [0, 0.1) is 0 Å². The second-order valence-corrected chi connectivity index (χ2v) is 5.00. The van der Waals surface area contributed by atoms with Gasteiger partial charge in [-0.1, -0.05) is 6.07 Å². The van der Waals surface area contributed by atoms with Crippen LogP contribution in [-0.2, 0) is 0 Å². The average Bonchev–Trinajstić information content (AvgIpc) is 2.48. The summed E-state index contributed by atoms with van der Waals surface area (Å²) in [6.07, 6.45) is -1.57. The molecule has 0 heterocycles. The van der Waals surface area contributed by atoms with Crippen LogP contribution >= 0.6 is 11.6 Å². The molecule has 0 aliphatic heterocycles. The Morgan fingerprint density at radius 2 is 1.95 bits per heavy atom. The largest absolute Gasteiger partial charge is 0.465 e. The van der Waals surface area contributed by atoms with Crippen molar-refractivity contribution in [1.29, 1.82) is 0 Å². The third-order valence-electron chi connectivity index (χ3n) is 3.19. The average molecular weight is 329 g/mol. The van der Waals surface area contributed by atoms with Crippen molar-refractivity contribution in [2.75, 3.05) is 23.9 Å². The van der Waals surface area contributed by atoms with E-state index >= 15 is 0 Å². The third kappa shape index (κ3) is 4.53. The fourth-order valence-corrected chi connectivity index (χ4v) is 2.10. The summed E-state index contributed by atoms with van der Waals surface area (Å²) in [5, 5.41) is 9.32. The van der Waals surface area contributed by atoms with Gasteiger partial charge in [-0.25, -0.2) is 9.59 Å². The number of rotatable bonds is 6. The number of alkyl halides is 1. The molecule has 0 fully saturated rings. The first-order valence-electron chi connectivity index (χ1n) is 7.09. The number of carbonyl (C=O) groups is 2. The minimum absolute atomic E-state index is 0.162. The summed E-state index contributed by atoms with van der Waals surface area (Å²) in [6.45, 7) is 6.50. The van der Waals surface area contributed by atoms with E-state index in [1.165, 1.54) is 11.0 Å². The number of benzene rings is 1. The maximum Gasteiger partial charge on any atom is 0.415 e. The molecule has 1 atom stereocenters. The topological polar surface area (TPSA) is 70.1 Å². The van der Waals surface area contributed by atoms with E-state index in [4.69, 9.17) is 16.3 Å². The summed E-state index contributed by atoms with van der Waals surface area (Å²) in [7, 11) is 0. The molecule has 0 radical (unpaired) electrons.